The molecule has 1 saturated heterocycles. The molecule has 3 rings (SSSR count). The van der Waals surface area contributed by atoms with Gasteiger partial charge in [-0.1, -0.05) is 23.9 Å². The van der Waals surface area contributed by atoms with Crippen molar-refractivity contribution in [2.24, 2.45) is 0 Å². The highest BCUT2D eigenvalue weighted by molar-refractivity contribution is 7.99. The summed E-state index contributed by atoms with van der Waals surface area (Å²) in [5, 5.41) is 0.434. The third-order valence-corrected chi connectivity index (χ3v) is 4.90. The van der Waals surface area contributed by atoms with E-state index in [9.17, 15) is 4.79 Å². The Morgan fingerprint density at radius 2 is 1.80 bits per heavy atom. The number of hydrogen-bond acceptors (Lipinski definition) is 7. The molecule has 0 atom stereocenters. The van der Waals surface area contributed by atoms with Crippen LogP contribution in [0.3, 0.4) is 0 Å². The van der Waals surface area contributed by atoms with Gasteiger partial charge < -0.3 is 21.3 Å². The largest absolute Gasteiger partial charge is 0.383 e. The summed E-state index contributed by atoms with van der Waals surface area (Å²) < 4.78 is 0. The van der Waals surface area contributed by atoms with Crippen LogP contribution in [0.25, 0.3) is 0 Å². The predicted molar refractivity (Wildman–Crippen MR) is 102 cm³/mol. The van der Waals surface area contributed by atoms with Gasteiger partial charge in [0.15, 0.2) is 5.16 Å². The average Bonchev–Trinajstić information content (AvgIpc) is 2.59. The number of nitrogens with two attached hydrogens (primary N) is 2. The van der Waals surface area contributed by atoms with Crippen molar-refractivity contribution in [1.82, 2.24) is 14.9 Å². The highest BCUT2D eigenvalue weighted by atomic mass is 32.2. The highest BCUT2D eigenvalue weighted by Crippen LogP contribution is 2.20. The summed E-state index contributed by atoms with van der Waals surface area (Å²) in [4.78, 5) is 24.8. The molecule has 0 spiro atoms. The number of nitrogen functional groups attached to an aromatic ring is 2. The van der Waals surface area contributed by atoms with E-state index in [0.717, 1.165) is 13.1 Å². The molecular formula is C17H22N6OS. The normalized spacial score (nSPS) is 14.6. The lowest BCUT2D eigenvalue weighted by Crippen LogP contribution is -2.49. The zero-order chi connectivity index (χ0) is 17.8. The van der Waals surface area contributed by atoms with Crippen LogP contribution in [-0.2, 0) is 4.79 Å². The maximum atomic E-state index is 12.4. The molecule has 1 aliphatic rings. The molecule has 0 bridgehead atoms. The van der Waals surface area contributed by atoms with Gasteiger partial charge >= 0.3 is 0 Å². The number of nitrogens with zero attached hydrogens (tertiary/aromatic N) is 4. The van der Waals surface area contributed by atoms with Gasteiger partial charge in [0.05, 0.1) is 5.75 Å². The molecule has 0 saturated carbocycles. The van der Waals surface area contributed by atoms with Gasteiger partial charge in [0.2, 0.25) is 5.91 Å². The first-order valence-electron chi connectivity index (χ1n) is 8.13. The lowest BCUT2D eigenvalue weighted by Gasteiger charge is -2.36. The lowest BCUT2D eigenvalue weighted by molar-refractivity contribution is -0.128. The molecule has 1 fully saturated rings. The van der Waals surface area contributed by atoms with Crippen molar-refractivity contribution in [1.29, 1.82) is 0 Å². The van der Waals surface area contributed by atoms with Crippen LogP contribution in [0.1, 0.15) is 5.56 Å². The number of aryl methyl sites for hydroxylation is 1. The van der Waals surface area contributed by atoms with Gasteiger partial charge in [-0.05, 0) is 24.6 Å². The first-order valence-corrected chi connectivity index (χ1v) is 9.12. The molecule has 132 valence electrons. The minimum Gasteiger partial charge on any atom is -0.383 e. The molecule has 1 aromatic heterocycles. The third-order valence-electron chi connectivity index (χ3n) is 4.07. The number of carbonyl (C=O) groups is 1. The second-order valence-electron chi connectivity index (χ2n) is 6.00. The van der Waals surface area contributed by atoms with Crippen molar-refractivity contribution in [3.8, 4) is 0 Å². The molecule has 1 amide bonds. The summed E-state index contributed by atoms with van der Waals surface area (Å²) in [6.45, 7) is 5.19. The van der Waals surface area contributed by atoms with Gasteiger partial charge in [0.1, 0.15) is 11.6 Å². The minimum atomic E-state index is 0.0819. The van der Waals surface area contributed by atoms with E-state index in [1.54, 1.807) is 0 Å². The number of benzene rings is 1. The number of carbonyl (C=O) groups excluding carboxylic acids is 1. The van der Waals surface area contributed by atoms with E-state index < -0.39 is 0 Å². The fourth-order valence-corrected chi connectivity index (χ4v) is 3.56. The summed E-state index contributed by atoms with van der Waals surface area (Å²) in [6, 6.07) is 9.94. The number of aromatic nitrogens is 2. The van der Waals surface area contributed by atoms with E-state index in [1.807, 2.05) is 4.90 Å². The lowest BCUT2D eigenvalue weighted by atomic mass is 10.2. The molecule has 1 aliphatic heterocycles. The van der Waals surface area contributed by atoms with E-state index in [-0.39, 0.29) is 11.7 Å². The quantitative estimate of drug-likeness (QED) is 0.629. The molecule has 1 aromatic carbocycles. The fourth-order valence-electron chi connectivity index (χ4n) is 2.78. The first-order chi connectivity index (χ1) is 12.0. The van der Waals surface area contributed by atoms with Gasteiger partial charge in [-0.15, -0.1) is 0 Å². The number of amides is 1. The van der Waals surface area contributed by atoms with Gasteiger partial charge in [-0.3, -0.25) is 4.79 Å². The maximum Gasteiger partial charge on any atom is 0.233 e. The topological polar surface area (TPSA) is 101 Å². The zero-order valence-electron chi connectivity index (χ0n) is 14.2. The molecule has 2 heterocycles. The molecular weight excluding hydrogens is 336 g/mol. The zero-order valence-corrected chi connectivity index (χ0v) is 15.0. The standard InChI is InChI=1S/C17H22N6OS/c1-12-3-2-4-13(9-12)22-5-7-23(8-6-22)16(24)11-25-17-20-14(18)10-15(19)21-17/h2-4,9-10H,5-8,11H2,1H3,(H4,18,19,20,21). The summed E-state index contributed by atoms with van der Waals surface area (Å²) in [5.41, 5.74) is 13.7. The SMILES string of the molecule is Cc1cccc(N2CCN(C(=O)CSc3nc(N)cc(N)n3)CC2)c1. The molecule has 2 aromatic rings. The van der Waals surface area contributed by atoms with E-state index in [1.165, 1.54) is 29.1 Å². The summed E-state index contributed by atoms with van der Waals surface area (Å²) in [5.74, 6) is 0.995. The number of anilines is 3. The van der Waals surface area contributed by atoms with Crippen LogP contribution in [0.15, 0.2) is 35.5 Å². The Bertz CT molecular complexity index is 740. The van der Waals surface area contributed by atoms with Gasteiger partial charge in [-0.2, -0.15) is 0 Å². The molecule has 7 nitrogen and oxygen atoms in total. The van der Waals surface area contributed by atoms with Gasteiger partial charge in [0, 0.05) is 37.9 Å². The molecule has 0 aliphatic carbocycles. The molecule has 0 unspecified atom stereocenters. The first kappa shape index (κ1) is 17.3. The average molecular weight is 358 g/mol. The van der Waals surface area contributed by atoms with E-state index in [4.69, 9.17) is 11.5 Å². The Hall–Kier alpha value is -2.48. The summed E-state index contributed by atoms with van der Waals surface area (Å²) in [7, 11) is 0. The van der Waals surface area contributed by atoms with E-state index in [0.29, 0.717) is 29.9 Å². The van der Waals surface area contributed by atoms with Crippen molar-refractivity contribution in [3.05, 3.63) is 35.9 Å². The Kier molecular flexibility index (Phi) is 5.28. The van der Waals surface area contributed by atoms with Crippen LogP contribution in [0, 0.1) is 6.92 Å². The molecule has 4 N–H and O–H groups in total. The van der Waals surface area contributed by atoms with Crippen molar-refractivity contribution >= 4 is 35.0 Å². The van der Waals surface area contributed by atoms with Crippen LogP contribution in [0.2, 0.25) is 0 Å². The second-order valence-corrected chi connectivity index (χ2v) is 6.94. The predicted octanol–water partition coefficient (Wildman–Crippen LogP) is 1.39. The highest BCUT2D eigenvalue weighted by Gasteiger charge is 2.21. The van der Waals surface area contributed by atoms with Crippen LogP contribution in [0.4, 0.5) is 17.3 Å². The Morgan fingerprint density at radius 3 is 2.44 bits per heavy atom. The Labute approximate surface area is 151 Å². The summed E-state index contributed by atoms with van der Waals surface area (Å²) in [6.07, 6.45) is 0. The van der Waals surface area contributed by atoms with Crippen molar-refractivity contribution in [3.63, 3.8) is 0 Å². The third kappa shape index (κ3) is 4.54. The monoisotopic (exact) mass is 358 g/mol. The van der Waals surface area contributed by atoms with Crippen LogP contribution >= 0.6 is 11.8 Å². The number of piperazine rings is 1. The maximum absolute atomic E-state index is 12.4. The minimum absolute atomic E-state index is 0.0819. The molecule has 25 heavy (non-hydrogen) atoms. The van der Waals surface area contributed by atoms with Crippen LogP contribution in [-0.4, -0.2) is 52.7 Å². The van der Waals surface area contributed by atoms with Crippen molar-refractivity contribution < 1.29 is 4.79 Å². The van der Waals surface area contributed by atoms with Crippen LogP contribution in [0.5, 0.6) is 0 Å². The summed E-state index contributed by atoms with van der Waals surface area (Å²) >= 11 is 1.26. The van der Waals surface area contributed by atoms with Crippen molar-refractivity contribution in [2.75, 3.05) is 48.3 Å². The van der Waals surface area contributed by atoms with Gasteiger partial charge in [-0.25, -0.2) is 9.97 Å². The second kappa shape index (κ2) is 7.60. The van der Waals surface area contributed by atoms with Crippen LogP contribution < -0.4 is 16.4 Å². The smallest absolute Gasteiger partial charge is 0.233 e. The fraction of sp³-hybridized carbons (Fsp3) is 0.353. The van der Waals surface area contributed by atoms with E-state index in [2.05, 4.69) is 46.1 Å². The van der Waals surface area contributed by atoms with Gasteiger partial charge in [0.25, 0.3) is 0 Å². The molecule has 0 radical (unpaired) electrons. The molecule has 8 heteroatoms. The number of hydrogen-bond donors (Lipinski definition) is 2. The number of thioether (sulfide) groups is 1. The Morgan fingerprint density at radius 1 is 1.12 bits per heavy atom. The number of rotatable bonds is 4. The van der Waals surface area contributed by atoms with E-state index >= 15 is 0 Å². The Balaban J connectivity index is 1.51. The van der Waals surface area contributed by atoms with Crippen molar-refractivity contribution in [2.45, 2.75) is 12.1 Å².